The minimum Gasteiger partial charge on any atom is -0.375 e. The molecule has 0 spiro atoms. The van der Waals surface area contributed by atoms with Gasteiger partial charge in [0.05, 0.1) is 5.69 Å². The van der Waals surface area contributed by atoms with E-state index >= 15 is 0 Å². The molecule has 0 bridgehead atoms. The monoisotopic (exact) mass is 259 g/mol. The molecule has 1 aromatic carbocycles. The van der Waals surface area contributed by atoms with Crippen LogP contribution >= 0.6 is 11.3 Å². The molecule has 2 aromatic rings. The van der Waals surface area contributed by atoms with Crippen LogP contribution in [0.5, 0.6) is 0 Å². The molecule has 4 heteroatoms. The molecular weight excluding hydrogens is 242 g/mol. The Labute approximate surface area is 111 Å². The second-order valence-corrected chi connectivity index (χ2v) is 5.99. The van der Waals surface area contributed by atoms with Crippen molar-refractivity contribution in [2.45, 2.75) is 26.4 Å². The van der Waals surface area contributed by atoms with Crippen LogP contribution < -0.4 is 5.73 Å². The third kappa shape index (κ3) is 2.40. The van der Waals surface area contributed by atoms with E-state index in [2.05, 4.69) is 41.1 Å². The molecule has 0 atom stereocenters. The van der Waals surface area contributed by atoms with Crippen molar-refractivity contribution in [1.29, 1.82) is 0 Å². The van der Waals surface area contributed by atoms with Crippen LogP contribution in [0.2, 0.25) is 0 Å². The van der Waals surface area contributed by atoms with E-state index in [1.54, 1.807) is 11.3 Å². The lowest BCUT2D eigenvalue weighted by Crippen LogP contribution is -2.29. The fourth-order valence-corrected chi connectivity index (χ4v) is 3.39. The zero-order chi connectivity index (χ0) is 12.5. The van der Waals surface area contributed by atoms with E-state index in [4.69, 9.17) is 5.73 Å². The number of thiazole rings is 1. The summed E-state index contributed by atoms with van der Waals surface area (Å²) in [5, 5.41) is 0.706. The molecule has 1 aliphatic rings. The Morgan fingerprint density at radius 3 is 3.17 bits per heavy atom. The number of benzene rings is 1. The Bertz CT molecular complexity index is 562. The summed E-state index contributed by atoms with van der Waals surface area (Å²) in [7, 11) is 0. The first kappa shape index (κ1) is 11.7. The first-order valence-electron chi connectivity index (χ1n) is 6.22. The van der Waals surface area contributed by atoms with Gasteiger partial charge in [-0.15, -0.1) is 11.3 Å². The van der Waals surface area contributed by atoms with Crippen LogP contribution in [0.25, 0.3) is 0 Å². The van der Waals surface area contributed by atoms with Gasteiger partial charge in [0, 0.05) is 30.9 Å². The average Bonchev–Trinajstić information content (AvgIpc) is 2.68. The molecular formula is C14H17N3S. The normalized spacial score (nSPS) is 15.6. The maximum absolute atomic E-state index is 5.77. The molecule has 2 heterocycles. The smallest absolute Gasteiger partial charge is 0.180 e. The highest BCUT2D eigenvalue weighted by Crippen LogP contribution is 2.27. The van der Waals surface area contributed by atoms with Crippen molar-refractivity contribution in [2.24, 2.45) is 0 Å². The molecule has 18 heavy (non-hydrogen) atoms. The van der Waals surface area contributed by atoms with Gasteiger partial charge in [0.1, 0.15) is 0 Å². The number of nitrogens with two attached hydrogens (primary N) is 1. The van der Waals surface area contributed by atoms with Gasteiger partial charge in [0.15, 0.2) is 5.13 Å². The molecule has 0 saturated heterocycles. The molecule has 0 aliphatic carbocycles. The Balaban J connectivity index is 1.73. The zero-order valence-electron chi connectivity index (χ0n) is 10.5. The molecule has 0 radical (unpaired) electrons. The van der Waals surface area contributed by atoms with Crippen LogP contribution in [0, 0.1) is 6.92 Å². The van der Waals surface area contributed by atoms with E-state index in [0.29, 0.717) is 5.13 Å². The molecule has 0 fully saturated rings. The summed E-state index contributed by atoms with van der Waals surface area (Å²) >= 11 is 1.63. The number of rotatable bonds is 2. The van der Waals surface area contributed by atoms with Gasteiger partial charge < -0.3 is 5.73 Å². The van der Waals surface area contributed by atoms with Gasteiger partial charge in [-0.2, -0.15) is 0 Å². The summed E-state index contributed by atoms with van der Waals surface area (Å²) in [5.41, 5.74) is 9.68. The van der Waals surface area contributed by atoms with Gasteiger partial charge in [-0.3, -0.25) is 4.90 Å². The third-order valence-electron chi connectivity index (χ3n) is 3.32. The molecule has 0 amide bonds. The summed E-state index contributed by atoms with van der Waals surface area (Å²) in [5.74, 6) is 0. The number of anilines is 1. The van der Waals surface area contributed by atoms with Crippen LogP contribution in [0.15, 0.2) is 24.3 Å². The Morgan fingerprint density at radius 2 is 2.33 bits per heavy atom. The third-order valence-corrected chi connectivity index (χ3v) is 4.23. The van der Waals surface area contributed by atoms with Gasteiger partial charge in [0.25, 0.3) is 0 Å². The van der Waals surface area contributed by atoms with Crippen molar-refractivity contribution in [1.82, 2.24) is 9.88 Å². The van der Waals surface area contributed by atoms with Crippen LogP contribution in [0.3, 0.4) is 0 Å². The van der Waals surface area contributed by atoms with E-state index < -0.39 is 0 Å². The highest BCUT2D eigenvalue weighted by molar-refractivity contribution is 7.15. The summed E-state index contributed by atoms with van der Waals surface area (Å²) in [6.07, 6.45) is 1.02. The highest BCUT2D eigenvalue weighted by Gasteiger charge is 2.19. The lowest BCUT2D eigenvalue weighted by Gasteiger charge is -2.25. The van der Waals surface area contributed by atoms with Gasteiger partial charge in [0.2, 0.25) is 0 Å². The summed E-state index contributed by atoms with van der Waals surface area (Å²) in [4.78, 5) is 8.18. The molecule has 0 saturated carbocycles. The quantitative estimate of drug-likeness (QED) is 0.901. The van der Waals surface area contributed by atoms with Crippen LogP contribution in [0.4, 0.5) is 5.13 Å². The number of nitrogen functional groups attached to an aromatic ring is 1. The van der Waals surface area contributed by atoms with Crippen molar-refractivity contribution >= 4 is 16.5 Å². The standard InChI is InChI=1S/C14H17N3S/c1-10-3-2-4-11(7-10)8-17-6-5-12-13(9-17)18-14(15)16-12/h2-4,7H,5-6,8-9H2,1H3,(H2,15,16). The molecule has 0 unspecified atom stereocenters. The lowest BCUT2D eigenvalue weighted by molar-refractivity contribution is 0.247. The average molecular weight is 259 g/mol. The first-order valence-corrected chi connectivity index (χ1v) is 7.04. The van der Waals surface area contributed by atoms with Crippen molar-refractivity contribution < 1.29 is 0 Å². The van der Waals surface area contributed by atoms with Crippen molar-refractivity contribution in [2.75, 3.05) is 12.3 Å². The topological polar surface area (TPSA) is 42.2 Å². The number of hydrogen-bond donors (Lipinski definition) is 1. The summed E-state index contributed by atoms with van der Waals surface area (Å²) in [6.45, 7) is 5.21. The highest BCUT2D eigenvalue weighted by atomic mass is 32.1. The van der Waals surface area contributed by atoms with Crippen LogP contribution in [-0.4, -0.2) is 16.4 Å². The second-order valence-electron chi connectivity index (χ2n) is 4.87. The number of hydrogen-bond acceptors (Lipinski definition) is 4. The van der Waals surface area contributed by atoms with E-state index in [-0.39, 0.29) is 0 Å². The van der Waals surface area contributed by atoms with Gasteiger partial charge in [-0.05, 0) is 12.5 Å². The zero-order valence-corrected chi connectivity index (χ0v) is 11.3. The maximum Gasteiger partial charge on any atom is 0.180 e. The molecule has 94 valence electrons. The van der Waals surface area contributed by atoms with Gasteiger partial charge >= 0.3 is 0 Å². The predicted molar refractivity (Wildman–Crippen MR) is 75.5 cm³/mol. The SMILES string of the molecule is Cc1cccc(CN2CCc3nc(N)sc3C2)c1. The van der Waals surface area contributed by atoms with Crippen molar-refractivity contribution in [3.05, 3.63) is 46.0 Å². The Morgan fingerprint density at radius 1 is 1.44 bits per heavy atom. The molecule has 3 nitrogen and oxygen atoms in total. The van der Waals surface area contributed by atoms with Gasteiger partial charge in [-0.25, -0.2) is 4.98 Å². The van der Waals surface area contributed by atoms with E-state index in [1.807, 2.05) is 0 Å². The molecule has 1 aliphatic heterocycles. The lowest BCUT2D eigenvalue weighted by atomic mass is 10.1. The Kier molecular flexibility index (Phi) is 3.06. The molecule has 3 rings (SSSR count). The molecule has 1 aromatic heterocycles. The maximum atomic E-state index is 5.77. The van der Waals surface area contributed by atoms with Crippen molar-refractivity contribution in [3.8, 4) is 0 Å². The number of aryl methyl sites for hydroxylation is 1. The van der Waals surface area contributed by atoms with E-state index in [9.17, 15) is 0 Å². The van der Waals surface area contributed by atoms with Gasteiger partial charge in [-0.1, -0.05) is 29.8 Å². The van der Waals surface area contributed by atoms with Crippen LogP contribution in [0.1, 0.15) is 21.7 Å². The minimum atomic E-state index is 0.706. The fraction of sp³-hybridized carbons (Fsp3) is 0.357. The molecule has 2 N–H and O–H groups in total. The van der Waals surface area contributed by atoms with Crippen molar-refractivity contribution in [3.63, 3.8) is 0 Å². The van der Waals surface area contributed by atoms with E-state index in [0.717, 1.165) is 26.1 Å². The number of aromatic nitrogens is 1. The number of nitrogens with zero attached hydrogens (tertiary/aromatic N) is 2. The number of fused-ring (bicyclic) bond motifs is 1. The van der Waals surface area contributed by atoms with Crippen LogP contribution in [-0.2, 0) is 19.5 Å². The predicted octanol–water partition coefficient (Wildman–Crippen LogP) is 2.59. The summed E-state index contributed by atoms with van der Waals surface area (Å²) < 4.78 is 0. The Hall–Kier alpha value is -1.39. The second kappa shape index (κ2) is 4.71. The summed E-state index contributed by atoms with van der Waals surface area (Å²) in [6, 6.07) is 8.73. The largest absolute Gasteiger partial charge is 0.375 e. The van der Waals surface area contributed by atoms with E-state index in [1.165, 1.54) is 21.7 Å². The fourth-order valence-electron chi connectivity index (χ4n) is 2.47. The minimum absolute atomic E-state index is 0.706. The first-order chi connectivity index (χ1) is 8.70.